The first-order valence-electron chi connectivity index (χ1n) is 5.32. The summed E-state index contributed by atoms with van der Waals surface area (Å²) >= 11 is 1.63. The standard InChI is InChI=1S/C11H11N5S/c1-2-9-14-10(12)8-5-13-16(11(8)15-9)7-3-4-17-6-7/h3-6H,2H2,1H3,(H2,12,14,15). The number of nitrogens with two attached hydrogens (primary N) is 1. The fourth-order valence-electron chi connectivity index (χ4n) is 1.70. The van der Waals surface area contributed by atoms with Crippen LogP contribution in [-0.2, 0) is 6.42 Å². The lowest BCUT2D eigenvalue weighted by atomic mass is 10.3. The summed E-state index contributed by atoms with van der Waals surface area (Å²) in [6, 6.07) is 2.00. The van der Waals surface area contributed by atoms with E-state index in [1.54, 1.807) is 22.2 Å². The lowest BCUT2D eigenvalue weighted by Crippen LogP contribution is -2.02. The lowest BCUT2D eigenvalue weighted by molar-refractivity contribution is 0.881. The molecule has 3 aromatic rings. The third-order valence-corrected chi connectivity index (χ3v) is 3.24. The normalized spacial score (nSPS) is 11.1. The van der Waals surface area contributed by atoms with Crippen LogP contribution in [0.15, 0.2) is 23.0 Å². The van der Waals surface area contributed by atoms with Gasteiger partial charge in [-0.3, -0.25) is 0 Å². The molecule has 0 atom stereocenters. The Kier molecular flexibility index (Phi) is 2.29. The summed E-state index contributed by atoms with van der Waals surface area (Å²) in [6.45, 7) is 2.01. The van der Waals surface area contributed by atoms with Crippen molar-refractivity contribution in [3.63, 3.8) is 0 Å². The molecule has 3 aromatic heterocycles. The van der Waals surface area contributed by atoms with Gasteiger partial charge in [0.05, 0.1) is 17.3 Å². The third-order valence-electron chi connectivity index (χ3n) is 2.57. The number of hydrogen-bond acceptors (Lipinski definition) is 5. The van der Waals surface area contributed by atoms with Crippen molar-refractivity contribution in [2.45, 2.75) is 13.3 Å². The summed E-state index contributed by atoms with van der Waals surface area (Å²) in [6.07, 6.45) is 2.47. The first-order chi connectivity index (χ1) is 8.29. The maximum atomic E-state index is 5.90. The van der Waals surface area contributed by atoms with Gasteiger partial charge in [0, 0.05) is 11.8 Å². The van der Waals surface area contributed by atoms with Crippen molar-refractivity contribution in [3.05, 3.63) is 28.8 Å². The van der Waals surface area contributed by atoms with E-state index in [0.29, 0.717) is 5.82 Å². The molecule has 0 unspecified atom stereocenters. The van der Waals surface area contributed by atoms with Gasteiger partial charge in [-0.1, -0.05) is 6.92 Å². The lowest BCUT2D eigenvalue weighted by Gasteiger charge is -2.02. The van der Waals surface area contributed by atoms with Crippen LogP contribution in [0.1, 0.15) is 12.7 Å². The molecule has 0 aliphatic rings. The predicted octanol–water partition coefficient (Wildman–Crippen LogP) is 2.02. The van der Waals surface area contributed by atoms with Crippen LogP contribution < -0.4 is 5.73 Å². The molecule has 0 radical (unpaired) electrons. The Balaban J connectivity index is 2.31. The fraction of sp³-hybridized carbons (Fsp3) is 0.182. The third kappa shape index (κ3) is 1.57. The van der Waals surface area contributed by atoms with Crippen LogP contribution in [0.25, 0.3) is 16.7 Å². The molecule has 0 bridgehead atoms. The number of aromatic nitrogens is 4. The van der Waals surface area contributed by atoms with Gasteiger partial charge in [0.1, 0.15) is 11.6 Å². The summed E-state index contributed by atoms with van der Waals surface area (Å²) in [5, 5.41) is 9.15. The van der Waals surface area contributed by atoms with E-state index in [9.17, 15) is 0 Å². The maximum absolute atomic E-state index is 5.90. The summed E-state index contributed by atoms with van der Waals surface area (Å²) in [5.41, 5.74) is 7.67. The highest BCUT2D eigenvalue weighted by molar-refractivity contribution is 7.08. The Morgan fingerprint density at radius 3 is 3.00 bits per heavy atom. The molecule has 2 N–H and O–H groups in total. The molecule has 0 fully saturated rings. The zero-order valence-electron chi connectivity index (χ0n) is 9.29. The molecular weight excluding hydrogens is 234 g/mol. The molecule has 3 heterocycles. The molecule has 0 saturated carbocycles. The van der Waals surface area contributed by atoms with Crippen molar-refractivity contribution in [2.24, 2.45) is 0 Å². The molecular formula is C11H11N5S. The molecule has 0 saturated heterocycles. The monoisotopic (exact) mass is 245 g/mol. The Labute approximate surface area is 102 Å². The molecule has 17 heavy (non-hydrogen) atoms. The number of rotatable bonds is 2. The predicted molar refractivity (Wildman–Crippen MR) is 68.3 cm³/mol. The number of fused-ring (bicyclic) bond motifs is 1. The van der Waals surface area contributed by atoms with Gasteiger partial charge in [0.15, 0.2) is 5.65 Å². The van der Waals surface area contributed by atoms with Crippen LogP contribution in [0.5, 0.6) is 0 Å². The van der Waals surface area contributed by atoms with Gasteiger partial charge in [0.25, 0.3) is 0 Å². The minimum absolute atomic E-state index is 0.494. The Morgan fingerprint density at radius 2 is 2.29 bits per heavy atom. The number of aryl methyl sites for hydroxylation is 1. The maximum Gasteiger partial charge on any atom is 0.168 e. The van der Waals surface area contributed by atoms with Crippen molar-refractivity contribution in [3.8, 4) is 5.69 Å². The summed E-state index contributed by atoms with van der Waals surface area (Å²) in [5.74, 6) is 1.24. The number of hydrogen-bond donors (Lipinski definition) is 1. The fourth-order valence-corrected chi connectivity index (χ4v) is 2.32. The average Bonchev–Trinajstić information content (AvgIpc) is 2.96. The minimum Gasteiger partial charge on any atom is -0.383 e. The first-order valence-corrected chi connectivity index (χ1v) is 6.26. The summed E-state index contributed by atoms with van der Waals surface area (Å²) in [4.78, 5) is 8.71. The van der Waals surface area contributed by atoms with Gasteiger partial charge in [-0.2, -0.15) is 16.4 Å². The Bertz CT molecular complexity index is 656. The largest absolute Gasteiger partial charge is 0.383 e. The SMILES string of the molecule is CCc1nc(N)c2cnn(-c3ccsc3)c2n1. The highest BCUT2D eigenvalue weighted by Crippen LogP contribution is 2.21. The zero-order valence-corrected chi connectivity index (χ0v) is 10.1. The van der Waals surface area contributed by atoms with E-state index in [1.165, 1.54) is 0 Å². The summed E-state index contributed by atoms with van der Waals surface area (Å²) in [7, 11) is 0. The molecule has 5 nitrogen and oxygen atoms in total. The molecule has 3 rings (SSSR count). The molecule has 0 spiro atoms. The Hall–Kier alpha value is -1.95. The summed E-state index contributed by atoms with van der Waals surface area (Å²) < 4.78 is 1.79. The number of anilines is 1. The Morgan fingerprint density at radius 1 is 1.41 bits per heavy atom. The molecule has 0 aromatic carbocycles. The highest BCUT2D eigenvalue weighted by Gasteiger charge is 2.11. The zero-order chi connectivity index (χ0) is 11.8. The molecule has 0 aliphatic carbocycles. The van der Waals surface area contributed by atoms with E-state index in [4.69, 9.17) is 5.73 Å². The first kappa shape index (κ1) is 10.2. The molecule has 86 valence electrons. The number of nitrogen functional groups attached to an aromatic ring is 1. The van der Waals surface area contributed by atoms with Gasteiger partial charge >= 0.3 is 0 Å². The van der Waals surface area contributed by atoms with Gasteiger partial charge in [-0.15, -0.1) is 0 Å². The van der Waals surface area contributed by atoms with E-state index in [-0.39, 0.29) is 0 Å². The van der Waals surface area contributed by atoms with Gasteiger partial charge in [-0.25, -0.2) is 14.6 Å². The van der Waals surface area contributed by atoms with Crippen LogP contribution in [0.3, 0.4) is 0 Å². The van der Waals surface area contributed by atoms with Gasteiger partial charge in [-0.05, 0) is 11.4 Å². The van der Waals surface area contributed by atoms with Gasteiger partial charge in [0.2, 0.25) is 0 Å². The van der Waals surface area contributed by atoms with Crippen LogP contribution in [0.4, 0.5) is 5.82 Å². The topological polar surface area (TPSA) is 69.6 Å². The number of thiophene rings is 1. The average molecular weight is 245 g/mol. The molecule has 6 heteroatoms. The second-order valence-electron chi connectivity index (χ2n) is 3.65. The highest BCUT2D eigenvalue weighted by atomic mass is 32.1. The minimum atomic E-state index is 0.494. The number of nitrogens with zero attached hydrogens (tertiary/aromatic N) is 4. The van der Waals surface area contributed by atoms with Crippen molar-refractivity contribution < 1.29 is 0 Å². The van der Waals surface area contributed by atoms with Crippen molar-refractivity contribution in [2.75, 3.05) is 5.73 Å². The second kappa shape index (κ2) is 3.81. The molecule has 0 amide bonds. The smallest absolute Gasteiger partial charge is 0.168 e. The van der Waals surface area contributed by atoms with Crippen LogP contribution in [0, 0.1) is 0 Å². The van der Waals surface area contributed by atoms with Gasteiger partial charge < -0.3 is 5.73 Å². The van der Waals surface area contributed by atoms with Crippen LogP contribution in [-0.4, -0.2) is 19.7 Å². The second-order valence-corrected chi connectivity index (χ2v) is 4.43. The molecule has 0 aliphatic heterocycles. The van der Waals surface area contributed by atoms with Crippen molar-refractivity contribution in [1.29, 1.82) is 0 Å². The van der Waals surface area contributed by atoms with Crippen LogP contribution in [0.2, 0.25) is 0 Å². The van der Waals surface area contributed by atoms with E-state index in [0.717, 1.165) is 29.0 Å². The van der Waals surface area contributed by atoms with E-state index < -0.39 is 0 Å². The van der Waals surface area contributed by atoms with E-state index >= 15 is 0 Å². The van der Waals surface area contributed by atoms with Crippen molar-refractivity contribution in [1.82, 2.24) is 19.7 Å². The van der Waals surface area contributed by atoms with Crippen molar-refractivity contribution >= 4 is 28.2 Å². The van der Waals surface area contributed by atoms with E-state index in [2.05, 4.69) is 15.1 Å². The van der Waals surface area contributed by atoms with E-state index in [1.807, 2.05) is 23.8 Å². The van der Waals surface area contributed by atoms with Crippen LogP contribution >= 0.6 is 11.3 Å². The quantitative estimate of drug-likeness (QED) is 0.750.